The third-order valence-corrected chi connectivity index (χ3v) is 3.22. The molecule has 0 aliphatic carbocycles. The Kier molecular flexibility index (Phi) is 4.68. The Labute approximate surface area is 119 Å². The Morgan fingerprint density at radius 3 is 2.15 bits per heavy atom. The first-order valence-corrected chi connectivity index (χ1v) is 6.39. The number of rotatable bonds is 4. The number of hydrogen-bond acceptors (Lipinski definition) is 1. The summed E-state index contributed by atoms with van der Waals surface area (Å²) in [5, 5.41) is 10.2. The molecule has 2 aromatic carbocycles. The van der Waals surface area contributed by atoms with Crippen molar-refractivity contribution in [1.82, 2.24) is 0 Å². The molecule has 1 unspecified atom stereocenters. The maximum absolute atomic E-state index is 13.0. The van der Waals surface area contributed by atoms with Crippen LogP contribution in [0.3, 0.4) is 0 Å². The van der Waals surface area contributed by atoms with E-state index in [-0.39, 0.29) is 17.9 Å². The van der Waals surface area contributed by atoms with Gasteiger partial charge in [0.1, 0.15) is 17.5 Å². The zero-order valence-electron chi connectivity index (χ0n) is 10.4. The molecule has 5 heteroatoms. The van der Waals surface area contributed by atoms with Crippen molar-refractivity contribution in [1.29, 1.82) is 0 Å². The van der Waals surface area contributed by atoms with E-state index in [1.54, 1.807) is 0 Å². The normalized spacial score (nSPS) is 12.4. The van der Waals surface area contributed by atoms with Gasteiger partial charge in [-0.2, -0.15) is 0 Å². The lowest BCUT2D eigenvalue weighted by Crippen LogP contribution is -2.14. The van der Waals surface area contributed by atoms with Crippen LogP contribution in [-0.2, 0) is 12.8 Å². The Morgan fingerprint density at radius 1 is 0.900 bits per heavy atom. The summed E-state index contributed by atoms with van der Waals surface area (Å²) in [5.41, 5.74) is 0.936. The number of hydrogen-bond donors (Lipinski definition) is 1. The smallest absolute Gasteiger partial charge is 0.126 e. The minimum atomic E-state index is -0.862. The standard InChI is InChI=1S/C15H12ClF3O/c16-15-8-11(17)2-1-10(15)6-14(20)5-9-3-12(18)7-13(19)4-9/h1-4,7-8,14,20H,5-6H2. The molecule has 0 fully saturated rings. The minimum absolute atomic E-state index is 0.0857. The fourth-order valence-corrected chi connectivity index (χ4v) is 2.26. The Morgan fingerprint density at radius 2 is 1.55 bits per heavy atom. The number of aliphatic hydroxyl groups excluding tert-OH is 1. The van der Waals surface area contributed by atoms with E-state index in [1.165, 1.54) is 24.3 Å². The van der Waals surface area contributed by atoms with Crippen molar-refractivity contribution in [3.8, 4) is 0 Å². The van der Waals surface area contributed by atoms with Gasteiger partial charge in [0.05, 0.1) is 6.10 Å². The average molecular weight is 301 g/mol. The van der Waals surface area contributed by atoms with Crippen molar-refractivity contribution in [2.45, 2.75) is 18.9 Å². The predicted molar refractivity (Wildman–Crippen MR) is 71.2 cm³/mol. The number of halogens is 4. The van der Waals surface area contributed by atoms with Crippen LogP contribution in [0.4, 0.5) is 13.2 Å². The lowest BCUT2D eigenvalue weighted by Gasteiger charge is -2.12. The Bertz CT molecular complexity index is 596. The van der Waals surface area contributed by atoms with Crippen LogP contribution >= 0.6 is 11.6 Å². The van der Waals surface area contributed by atoms with Crippen LogP contribution in [0.5, 0.6) is 0 Å². The van der Waals surface area contributed by atoms with Crippen LogP contribution in [0, 0.1) is 17.5 Å². The van der Waals surface area contributed by atoms with Gasteiger partial charge in [0, 0.05) is 17.5 Å². The van der Waals surface area contributed by atoms with Crippen LogP contribution in [-0.4, -0.2) is 11.2 Å². The van der Waals surface area contributed by atoms with Gasteiger partial charge in [0.2, 0.25) is 0 Å². The maximum Gasteiger partial charge on any atom is 0.126 e. The zero-order valence-corrected chi connectivity index (χ0v) is 11.2. The van der Waals surface area contributed by atoms with Gasteiger partial charge in [-0.15, -0.1) is 0 Å². The Hall–Kier alpha value is -1.52. The number of aliphatic hydroxyl groups is 1. The Balaban J connectivity index is 2.06. The first-order valence-electron chi connectivity index (χ1n) is 6.01. The second kappa shape index (κ2) is 6.29. The van der Waals surface area contributed by atoms with E-state index in [4.69, 9.17) is 11.6 Å². The molecule has 0 radical (unpaired) electrons. The number of benzene rings is 2. The fraction of sp³-hybridized carbons (Fsp3) is 0.200. The average Bonchev–Trinajstić information content (AvgIpc) is 2.31. The molecule has 106 valence electrons. The van der Waals surface area contributed by atoms with Crippen molar-refractivity contribution in [3.05, 3.63) is 70.0 Å². The first-order chi connectivity index (χ1) is 9.44. The van der Waals surface area contributed by atoms with Crippen molar-refractivity contribution < 1.29 is 18.3 Å². The van der Waals surface area contributed by atoms with Crippen molar-refractivity contribution >= 4 is 11.6 Å². The molecule has 0 spiro atoms. The highest BCUT2D eigenvalue weighted by Gasteiger charge is 2.11. The summed E-state index contributed by atoms with van der Waals surface area (Å²) < 4.78 is 38.9. The topological polar surface area (TPSA) is 20.2 Å². The van der Waals surface area contributed by atoms with Gasteiger partial charge in [0.25, 0.3) is 0 Å². The predicted octanol–water partition coefficient (Wildman–Crippen LogP) is 3.90. The molecule has 0 saturated carbocycles. The van der Waals surface area contributed by atoms with Gasteiger partial charge in [-0.25, -0.2) is 13.2 Å². The molecule has 0 aliphatic rings. The molecule has 0 saturated heterocycles. The molecule has 0 bridgehead atoms. The van der Waals surface area contributed by atoms with Crippen LogP contribution in [0.2, 0.25) is 5.02 Å². The van der Waals surface area contributed by atoms with Crippen LogP contribution < -0.4 is 0 Å². The molecule has 1 nitrogen and oxygen atoms in total. The SMILES string of the molecule is OC(Cc1cc(F)cc(F)c1)Cc1ccc(F)cc1Cl. The van der Waals surface area contributed by atoms with Crippen LogP contribution in [0.15, 0.2) is 36.4 Å². The van der Waals surface area contributed by atoms with Gasteiger partial charge in [-0.3, -0.25) is 0 Å². The monoisotopic (exact) mass is 300 g/mol. The highest BCUT2D eigenvalue weighted by Crippen LogP contribution is 2.20. The second-order valence-corrected chi connectivity index (χ2v) is 4.98. The minimum Gasteiger partial charge on any atom is -0.392 e. The molecule has 1 atom stereocenters. The first kappa shape index (κ1) is 14.9. The molecule has 0 aliphatic heterocycles. The molecular formula is C15H12ClF3O. The van der Waals surface area contributed by atoms with E-state index < -0.39 is 23.6 Å². The molecular weight excluding hydrogens is 289 g/mol. The summed E-state index contributed by atoms with van der Waals surface area (Å²) >= 11 is 5.86. The van der Waals surface area contributed by atoms with Crippen LogP contribution in [0.1, 0.15) is 11.1 Å². The van der Waals surface area contributed by atoms with Crippen molar-refractivity contribution in [2.75, 3.05) is 0 Å². The third-order valence-electron chi connectivity index (χ3n) is 2.86. The van der Waals surface area contributed by atoms with E-state index in [0.29, 0.717) is 11.1 Å². The summed E-state index contributed by atoms with van der Waals surface area (Å²) in [5.74, 6) is -1.83. The van der Waals surface area contributed by atoms with Gasteiger partial charge in [0.15, 0.2) is 0 Å². The van der Waals surface area contributed by atoms with E-state index in [0.717, 1.165) is 12.1 Å². The molecule has 1 N–H and O–H groups in total. The molecule has 20 heavy (non-hydrogen) atoms. The lowest BCUT2D eigenvalue weighted by atomic mass is 10.0. The van der Waals surface area contributed by atoms with Gasteiger partial charge >= 0.3 is 0 Å². The summed E-state index contributed by atoms with van der Waals surface area (Å²) in [6, 6.07) is 6.98. The molecule has 0 aromatic heterocycles. The maximum atomic E-state index is 13.0. The van der Waals surface area contributed by atoms with Gasteiger partial charge < -0.3 is 5.11 Å². The lowest BCUT2D eigenvalue weighted by molar-refractivity contribution is 0.175. The summed E-state index contributed by atoms with van der Waals surface area (Å²) in [6.45, 7) is 0. The molecule has 2 aromatic rings. The second-order valence-electron chi connectivity index (χ2n) is 4.58. The summed E-state index contributed by atoms with van der Waals surface area (Å²) in [7, 11) is 0. The van der Waals surface area contributed by atoms with Crippen molar-refractivity contribution in [2.24, 2.45) is 0 Å². The molecule has 0 amide bonds. The molecule has 0 heterocycles. The van der Waals surface area contributed by atoms with Crippen LogP contribution in [0.25, 0.3) is 0 Å². The van der Waals surface area contributed by atoms with E-state index >= 15 is 0 Å². The highest BCUT2D eigenvalue weighted by molar-refractivity contribution is 6.31. The van der Waals surface area contributed by atoms with E-state index in [9.17, 15) is 18.3 Å². The molecule has 2 rings (SSSR count). The van der Waals surface area contributed by atoms with Crippen molar-refractivity contribution in [3.63, 3.8) is 0 Å². The largest absolute Gasteiger partial charge is 0.392 e. The van der Waals surface area contributed by atoms with E-state index in [2.05, 4.69) is 0 Å². The quantitative estimate of drug-likeness (QED) is 0.908. The zero-order chi connectivity index (χ0) is 14.7. The summed E-state index contributed by atoms with van der Waals surface area (Å²) in [4.78, 5) is 0. The fourth-order valence-electron chi connectivity index (χ4n) is 2.01. The van der Waals surface area contributed by atoms with E-state index in [1.807, 2.05) is 0 Å². The third kappa shape index (κ3) is 3.99. The highest BCUT2D eigenvalue weighted by atomic mass is 35.5. The van der Waals surface area contributed by atoms with Gasteiger partial charge in [-0.05, 0) is 41.8 Å². The summed E-state index contributed by atoms with van der Waals surface area (Å²) in [6.07, 6.45) is -0.598. The van der Waals surface area contributed by atoms with Gasteiger partial charge in [-0.1, -0.05) is 17.7 Å².